The number of aromatic nitrogens is 4. The molecule has 1 saturated heterocycles. The lowest BCUT2D eigenvalue weighted by atomic mass is 9.89. The van der Waals surface area contributed by atoms with E-state index >= 15 is 0 Å². The Morgan fingerprint density at radius 1 is 1.15 bits per heavy atom. The van der Waals surface area contributed by atoms with Crippen LogP contribution in [0.15, 0.2) is 6.33 Å². The summed E-state index contributed by atoms with van der Waals surface area (Å²) in [6.07, 6.45) is 2.41. The number of hydrogen-bond acceptors (Lipinski definition) is 8. The van der Waals surface area contributed by atoms with Gasteiger partial charge in [-0.15, -0.1) is 0 Å². The van der Waals surface area contributed by atoms with Crippen molar-refractivity contribution >= 4 is 17.0 Å². The van der Waals surface area contributed by atoms with E-state index < -0.39 is 24.5 Å². The average molecular weight is 363 g/mol. The minimum absolute atomic E-state index is 0.0783. The zero-order valence-electron chi connectivity index (χ0n) is 14.9. The van der Waals surface area contributed by atoms with Gasteiger partial charge < -0.3 is 25.4 Å². The number of nitrogens with zero attached hydrogens (tertiary/aromatic N) is 4. The van der Waals surface area contributed by atoms with Gasteiger partial charge in [0.1, 0.15) is 18.3 Å². The number of nitrogens with two attached hydrogens (primary N) is 1. The summed E-state index contributed by atoms with van der Waals surface area (Å²) >= 11 is 0. The first-order valence-corrected chi connectivity index (χ1v) is 9.12. The van der Waals surface area contributed by atoms with Crippen LogP contribution in [-0.2, 0) is 4.74 Å². The number of aliphatic hydroxyl groups excluding tert-OH is 2. The lowest BCUT2D eigenvalue weighted by molar-refractivity contribution is -0.0300. The normalized spacial score (nSPS) is 35.1. The second-order valence-corrected chi connectivity index (χ2v) is 7.43. The van der Waals surface area contributed by atoms with Gasteiger partial charge in [0.25, 0.3) is 0 Å². The summed E-state index contributed by atoms with van der Waals surface area (Å²) in [5, 5.41) is 20.2. The highest BCUT2D eigenvalue weighted by atomic mass is 16.6. The third kappa shape index (κ3) is 3.00. The molecule has 4 N–H and O–H groups in total. The summed E-state index contributed by atoms with van der Waals surface area (Å²) in [6.45, 7) is 3.95. The van der Waals surface area contributed by atoms with Crippen LogP contribution in [0.4, 0.5) is 5.82 Å². The fourth-order valence-electron chi connectivity index (χ4n) is 3.71. The van der Waals surface area contributed by atoms with Crippen molar-refractivity contribution in [1.29, 1.82) is 0 Å². The van der Waals surface area contributed by atoms with Crippen LogP contribution in [0, 0.1) is 5.92 Å². The van der Waals surface area contributed by atoms with Crippen LogP contribution >= 0.6 is 0 Å². The number of aliphatic hydroxyl groups is 2. The number of nitrogen functional groups attached to an aromatic ring is 1. The Hall–Kier alpha value is -1.97. The number of fused-ring (bicyclic) bond motifs is 1. The predicted octanol–water partition coefficient (Wildman–Crippen LogP) is 1.01. The Morgan fingerprint density at radius 3 is 2.54 bits per heavy atom. The van der Waals surface area contributed by atoms with Gasteiger partial charge in [-0.25, -0.2) is 4.98 Å². The van der Waals surface area contributed by atoms with Crippen LogP contribution in [0.5, 0.6) is 6.01 Å². The first-order chi connectivity index (χ1) is 12.4. The maximum atomic E-state index is 10.3. The zero-order chi connectivity index (χ0) is 18.4. The fraction of sp³-hybridized carbons (Fsp3) is 0.706. The van der Waals surface area contributed by atoms with Crippen molar-refractivity contribution in [2.24, 2.45) is 5.92 Å². The van der Waals surface area contributed by atoms with E-state index in [2.05, 4.69) is 21.9 Å². The van der Waals surface area contributed by atoms with E-state index in [0.29, 0.717) is 11.2 Å². The number of rotatable bonds is 3. The van der Waals surface area contributed by atoms with Gasteiger partial charge in [0.15, 0.2) is 23.2 Å². The van der Waals surface area contributed by atoms with E-state index in [-0.39, 0.29) is 17.9 Å². The Bertz CT molecular complexity index is 789. The summed E-state index contributed by atoms with van der Waals surface area (Å²) in [5.41, 5.74) is 6.86. The van der Waals surface area contributed by atoms with E-state index in [1.54, 1.807) is 11.5 Å². The van der Waals surface area contributed by atoms with Gasteiger partial charge in [0.2, 0.25) is 0 Å². The molecule has 0 aromatic carbocycles. The lowest BCUT2D eigenvalue weighted by Gasteiger charge is -2.26. The molecule has 1 aliphatic heterocycles. The Kier molecular flexibility index (Phi) is 4.45. The van der Waals surface area contributed by atoms with Crippen molar-refractivity contribution in [1.82, 2.24) is 19.5 Å². The number of imidazole rings is 1. The van der Waals surface area contributed by atoms with Crippen LogP contribution in [-0.4, -0.2) is 54.1 Å². The Morgan fingerprint density at radius 2 is 1.88 bits per heavy atom. The lowest BCUT2D eigenvalue weighted by Crippen LogP contribution is -2.30. The molecule has 0 bridgehead atoms. The van der Waals surface area contributed by atoms with Gasteiger partial charge in [-0.2, -0.15) is 9.97 Å². The molecule has 142 valence electrons. The van der Waals surface area contributed by atoms with Crippen molar-refractivity contribution in [3.8, 4) is 6.01 Å². The van der Waals surface area contributed by atoms with Crippen LogP contribution in [0.2, 0.25) is 0 Å². The Balaban J connectivity index is 1.63. The highest BCUT2D eigenvalue weighted by Gasteiger charge is 2.42. The Labute approximate surface area is 151 Å². The van der Waals surface area contributed by atoms with Crippen molar-refractivity contribution in [3.63, 3.8) is 0 Å². The summed E-state index contributed by atoms with van der Waals surface area (Å²) in [5.74, 6) is 0.938. The molecule has 0 spiro atoms. The molecule has 4 atom stereocenters. The standard InChI is InChI=1S/C17H25N5O4/c1-8-3-5-10(6-4-8)26-17-20-14(18)11-15(21-17)22(7-19-11)16-13(24)12(23)9(2)25-16/h7-10,12-13,16,23-24H,3-6H2,1-2H3,(H2,18,20,21)/t8-,9-,10-,12-,13-,16-/m1/s1. The van der Waals surface area contributed by atoms with Crippen LogP contribution in [0.25, 0.3) is 11.2 Å². The molecule has 9 heteroatoms. The number of hydrogen-bond donors (Lipinski definition) is 3. The second-order valence-electron chi connectivity index (χ2n) is 7.43. The van der Waals surface area contributed by atoms with Gasteiger partial charge in [0, 0.05) is 0 Å². The molecule has 0 radical (unpaired) electrons. The molecule has 0 amide bonds. The molecule has 3 heterocycles. The molecule has 0 unspecified atom stereocenters. The maximum absolute atomic E-state index is 10.3. The smallest absolute Gasteiger partial charge is 0.320 e. The quantitative estimate of drug-likeness (QED) is 0.737. The molecule has 2 aromatic rings. The first kappa shape index (κ1) is 17.4. The molecule has 2 fully saturated rings. The summed E-state index contributed by atoms with van der Waals surface area (Å²) < 4.78 is 13.2. The number of anilines is 1. The van der Waals surface area contributed by atoms with Gasteiger partial charge in [-0.05, 0) is 38.5 Å². The molecule has 4 rings (SSSR count). The van der Waals surface area contributed by atoms with Crippen LogP contribution in [0.3, 0.4) is 0 Å². The van der Waals surface area contributed by atoms with Gasteiger partial charge >= 0.3 is 6.01 Å². The summed E-state index contributed by atoms with van der Waals surface area (Å²) in [4.78, 5) is 12.9. The molecule has 1 aliphatic carbocycles. The topological polar surface area (TPSA) is 129 Å². The van der Waals surface area contributed by atoms with Gasteiger partial charge in [-0.3, -0.25) is 4.57 Å². The maximum Gasteiger partial charge on any atom is 0.320 e. The highest BCUT2D eigenvalue weighted by molar-refractivity contribution is 5.82. The number of ether oxygens (including phenoxy) is 2. The molecule has 1 saturated carbocycles. The third-order valence-corrected chi connectivity index (χ3v) is 5.41. The largest absolute Gasteiger partial charge is 0.460 e. The summed E-state index contributed by atoms with van der Waals surface area (Å²) in [7, 11) is 0. The van der Waals surface area contributed by atoms with E-state index in [4.69, 9.17) is 15.2 Å². The minimum Gasteiger partial charge on any atom is -0.460 e. The van der Waals surface area contributed by atoms with Crippen molar-refractivity contribution < 1.29 is 19.7 Å². The molecular weight excluding hydrogens is 338 g/mol. The molecular formula is C17H25N5O4. The van der Waals surface area contributed by atoms with E-state index in [1.165, 1.54) is 6.33 Å². The second kappa shape index (κ2) is 6.64. The van der Waals surface area contributed by atoms with Crippen molar-refractivity contribution in [2.45, 2.75) is 70.2 Å². The first-order valence-electron chi connectivity index (χ1n) is 9.12. The van der Waals surface area contributed by atoms with Crippen LogP contribution < -0.4 is 10.5 Å². The fourth-order valence-corrected chi connectivity index (χ4v) is 3.71. The highest BCUT2D eigenvalue weighted by Crippen LogP contribution is 2.33. The predicted molar refractivity (Wildman–Crippen MR) is 93.4 cm³/mol. The minimum atomic E-state index is -1.08. The van der Waals surface area contributed by atoms with E-state index in [1.807, 2.05) is 0 Å². The van der Waals surface area contributed by atoms with Crippen LogP contribution in [0.1, 0.15) is 45.8 Å². The third-order valence-electron chi connectivity index (χ3n) is 5.41. The van der Waals surface area contributed by atoms with Gasteiger partial charge in [0.05, 0.1) is 12.4 Å². The summed E-state index contributed by atoms with van der Waals surface area (Å²) in [6, 6.07) is 0.206. The molecule has 9 nitrogen and oxygen atoms in total. The monoisotopic (exact) mass is 363 g/mol. The molecule has 26 heavy (non-hydrogen) atoms. The average Bonchev–Trinajstić information content (AvgIpc) is 3.14. The van der Waals surface area contributed by atoms with E-state index in [0.717, 1.165) is 31.6 Å². The van der Waals surface area contributed by atoms with E-state index in [9.17, 15) is 10.2 Å². The van der Waals surface area contributed by atoms with Crippen molar-refractivity contribution in [2.75, 3.05) is 5.73 Å². The zero-order valence-corrected chi connectivity index (χ0v) is 14.9. The van der Waals surface area contributed by atoms with Crippen molar-refractivity contribution in [3.05, 3.63) is 6.33 Å². The molecule has 2 aliphatic rings. The van der Waals surface area contributed by atoms with Gasteiger partial charge in [-0.1, -0.05) is 6.92 Å². The SMILES string of the molecule is C[C@H]1O[C@@H](n2cnc3c(N)nc(O[C@H]4CC[C@H](C)CC4)nc32)[C@H](O)[C@@H]1O. The molecule has 2 aromatic heterocycles.